The van der Waals surface area contributed by atoms with Gasteiger partial charge in [0, 0.05) is 6.07 Å². The Morgan fingerprint density at radius 3 is 2.63 bits per heavy atom. The summed E-state index contributed by atoms with van der Waals surface area (Å²) >= 11 is 0. The highest BCUT2D eigenvalue weighted by atomic mass is 32.2. The molecule has 6 nitrogen and oxygen atoms in total. The molecule has 7 heteroatoms. The fourth-order valence-electron chi connectivity index (χ4n) is 2.29. The Morgan fingerprint density at radius 2 is 2.11 bits per heavy atom. The van der Waals surface area contributed by atoms with Gasteiger partial charge in [-0.15, -0.1) is 0 Å². The summed E-state index contributed by atoms with van der Waals surface area (Å²) in [5, 5.41) is 5.00. The molecule has 1 aromatic rings. The summed E-state index contributed by atoms with van der Waals surface area (Å²) in [6.45, 7) is 1.79. The topological polar surface area (TPSA) is 99.6 Å². The summed E-state index contributed by atoms with van der Waals surface area (Å²) in [5.41, 5.74) is 0. The van der Waals surface area contributed by atoms with E-state index in [1.165, 1.54) is 6.92 Å². The molecule has 0 aliphatic heterocycles. The molecule has 0 unspecified atom stereocenters. The van der Waals surface area contributed by atoms with Gasteiger partial charge in [-0.1, -0.05) is 12.8 Å². The van der Waals surface area contributed by atoms with Crippen molar-refractivity contribution in [2.75, 3.05) is 6.61 Å². The van der Waals surface area contributed by atoms with E-state index in [2.05, 4.69) is 0 Å². The van der Waals surface area contributed by atoms with E-state index in [-0.39, 0.29) is 16.4 Å². The largest absolute Gasteiger partial charge is 0.460 e. The highest BCUT2D eigenvalue weighted by Gasteiger charge is 2.23. The van der Waals surface area contributed by atoms with E-state index in [9.17, 15) is 13.2 Å². The average molecular weight is 287 g/mol. The van der Waals surface area contributed by atoms with Crippen molar-refractivity contribution in [3.63, 3.8) is 0 Å². The first kappa shape index (κ1) is 14.1. The molecule has 2 rings (SSSR count). The van der Waals surface area contributed by atoms with Gasteiger partial charge in [-0.3, -0.25) is 0 Å². The fourth-order valence-corrected chi connectivity index (χ4v) is 3.00. The summed E-state index contributed by atoms with van der Waals surface area (Å²) in [7, 11) is -3.88. The van der Waals surface area contributed by atoms with Crippen LogP contribution in [0.25, 0.3) is 0 Å². The van der Waals surface area contributed by atoms with Crippen LogP contribution < -0.4 is 5.14 Å². The van der Waals surface area contributed by atoms with E-state index in [0.29, 0.717) is 12.5 Å². The van der Waals surface area contributed by atoms with Crippen LogP contribution in [0.1, 0.15) is 42.0 Å². The van der Waals surface area contributed by atoms with Gasteiger partial charge >= 0.3 is 5.97 Å². The number of esters is 1. The van der Waals surface area contributed by atoms with Gasteiger partial charge < -0.3 is 9.15 Å². The Morgan fingerprint density at radius 1 is 1.47 bits per heavy atom. The zero-order valence-corrected chi connectivity index (χ0v) is 11.5. The molecule has 2 N–H and O–H groups in total. The van der Waals surface area contributed by atoms with Gasteiger partial charge in [0.15, 0.2) is 0 Å². The maximum atomic E-state index is 11.7. The molecule has 0 radical (unpaired) electrons. The molecular formula is C12H17NO5S. The van der Waals surface area contributed by atoms with Crippen molar-refractivity contribution < 1.29 is 22.4 Å². The lowest BCUT2D eigenvalue weighted by Gasteiger charge is -2.08. The molecule has 0 saturated heterocycles. The Balaban J connectivity index is 2.03. The van der Waals surface area contributed by atoms with Crippen LogP contribution in [0.4, 0.5) is 0 Å². The molecule has 1 fully saturated rings. The second-order valence-corrected chi connectivity index (χ2v) is 6.35. The summed E-state index contributed by atoms with van der Waals surface area (Å²) in [6.07, 6.45) is 4.45. The molecule has 1 heterocycles. The standard InChI is InChI=1S/C12H17NO5S/c1-8-11(19(13,15)16)6-10(18-8)12(14)17-7-9-4-2-3-5-9/h6,9H,2-5,7H2,1H3,(H2,13,15,16). The fraction of sp³-hybridized carbons (Fsp3) is 0.583. The molecule has 0 amide bonds. The number of carbonyl (C=O) groups excluding carboxylic acids is 1. The van der Waals surface area contributed by atoms with Crippen LogP contribution in [-0.4, -0.2) is 21.0 Å². The maximum absolute atomic E-state index is 11.7. The third-order valence-corrected chi connectivity index (χ3v) is 4.32. The molecular weight excluding hydrogens is 270 g/mol. The Hall–Kier alpha value is -1.34. The number of hydrogen-bond donors (Lipinski definition) is 1. The van der Waals surface area contributed by atoms with Gasteiger partial charge in [0.1, 0.15) is 10.7 Å². The van der Waals surface area contributed by atoms with E-state index in [0.717, 1.165) is 31.7 Å². The minimum atomic E-state index is -3.88. The Kier molecular flexibility index (Phi) is 3.96. The average Bonchev–Trinajstić information content (AvgIpc) is 2.93. The minimum Gasteiger partial charge on any atom is -0.460 e. The van der Waals surface area contributed by atoms with Gasteiger partial charge in [0.2, 0.25) is 15.8 Å². The van der Waals surface area contributed by atoms with Gasteiger partial charge in [0.25, 0.3) is 0 Å². The van der Waals surface area contributed by atoms with Crippen LogP contribution in [0.3, 0.4) is 0 Å². The van der Waals surface area contributed by atoms with Crippen LogP contribution in [-0.2, 0) is 14.8 Å². The van der Waals surface area contributed by atoms with Gasteiger partial charge in [-0.2, -0.15) is 0 Å². The number of ether oxygens (including phenoxy) is 1. The van der Waals surface area contributed by atoms with Crippen molar-refractivity contribution in [2.45, 2.75) is 37.5 Å². The highest BCUT2D eigenvalue weighted by Crippen LogP contribution is 2.25. The van der Waals surface area contributed by atoms with Crippen molar-refractivity contribution in [3.8, 4) is 0 Å². The Labute approximate surface area is 112 Å². The van der Waals surface area contributed by atoms with Crippen LogP contribution in [0, 0.1) is 12.8 Å². The number of rotatable bonds is 4. The SMILES string of the molecule is Cc1oc(C(=O)OCC2CCCC2)cc1S(N)(=O)=O. The number of primary sulfonamides is 1. The molecule has 1 saturated carbocycles. The van der Waals surface area contributed by atoms with Crippen molar-refractivity contribution in [3.05, 3.63) is 17.6 Å². The van der Waals surface area contributed by atoms with Crippen LogP contribution >= 0.6 is 0 Å². The first-order valence-electron chi connectivity index (χ1n) is 6.18. The predicted octanol–water partition coefficient (Wildman–Crippen LogP) is 1.58. The van der Waals surface area contributed by atoms with Gasteiger partial charge in [-0.25, -0.2) is 18.4 Å². The number of carbonyl (C=O) groups is 1. The summed E-state index contributed by atoms with van der Waals surface area (Å²) in [5.74, 6) is -0.280. The first-order valence-corrected chi connectivity index (χ1v) is 7.73. The van der Waals surface area contributed by atoms with Crippen molar-refractivity contribution >= 4 is 16.0 Å². The van der Waals surface area contributed by atoms with E-state index in [1.54, 1.807) is 0 Å². The van der Waals surface area contributed by atoms with E-state index >= 15 is 0 Å². The van der Waals surface area contributed by atoms with Crippen molar-refractivity contribution in [2.24, 2.45) is 11.1 Å². The van der Waals surface area contributed by atoms with Gasteiger partial charge in [-0.05, 0) is 25.7 Å². The number of furan rings is 1. The highest BCUT2D eigenvalue weighted by molar-refractivity contribution is 7.89. The molecule has 106 valence electrons. The van der Waals surface area contributed by atoms with E-state index < -0.39 is 16.0 Å². The lowest BCUT2D eigenvalue weighted by Crippen LogP contribution is -2.13. The molecule has 1 aliphatic rings. The maximum Gasteiger partial charge on any atom is 0.374 e. The normalized spacial score (nSPS) is 16.7. The summed E-state index contributed by atoms with van der Waals surface area (Å²) in [6, 6.07) is 1.11. The zero-order chi connectivity index (χ0) is 14.0. The van der Waals surface area contributed by atoms with Gasteiger partial charge in [0.05, 0.1) is 6.61 Å². The number of hydrogen-bond acceptors (Lipinski definition) is 5. The molecule has 1 aliphatic carbocycles. The molecule has 19 heavy (non-hydrogen) atoms. The van der Waals surface area contributed by atoms with E-state index in [1.807, 2.05) is 0 Å². The number of aryl methyl sites for hydroxylation is 1. The van der Waals surface area contributed by atoms with Crippen LogP contribution in [0.5, 0.6) is 0 Å². The number of sulfonamides is 1. The second-order valence-electron chi connectivity index (χ2n) is 4.83. The lowest BCUT2D eigenvalue weighted by molar-refractivity contribution is 0.0405. The predicted molar refractivity (Wildman–Crippen MR) is 67.1 cm³/mol. The minimum absolute atomic E-state index is 0.0929. The lowest BCUT2D eigenvalue weighted by atomic mass is 10.1. The quantitative estimate of drug-likeness (QED) is 0.847. The molecule has 0 atom stereocenters. The van der Waals surface area contributed by atoms with E-state index in [4.69, 9.17) is 14.3 Å². The Bertz CT molecular complexity index is 569. The first-order chi connectivity index (χ1) is 8.88. The summed E-state index contributed by atoms with van der Waals surface area (Å²) in [4.78, 5) is 11.6. The third-order valence-electron chi connectivity index (χ3n) is 3.30. The zero-order valence-electron chi connectivity index (χ0n) is 10.7. The smallest absolute Gasteiger partial charge is 0.374 e. The summed E-state index contributed by atoms with van der Waals surface area (Å²) < 4.78 is 32.7. The van der Waals surface area contributed by atoms with Crippen molar-refractivity contribution in [1.29, 1.82) is 0 Å². The number of nitrogens with two attached hydrogens (primary N) is 1. The molecule has 0 aromatic carbocycles. The monoisotopic (exact) mass is 287 g/mol. The van der Waals surface area contributed by atoms with Crippen LogP contribution in [0.15, 0.2) is 15.4 Å². The van der Waals surface area contributed by atoms with Crippen molar-refractivity contribution in [1.82, 2.24) is 0 Å². The van der Waals surface area contributed by atoms with Crippen LogP contribution in [0.2, 0.25) is 0 Å². The third kappa shape index (κ3) is 3.36. The molecule has 0 bridgehead atoms. The second kappa shape index (κ2) is 5.34. The molecule has 1 aromatic heterocycles. The molecule has 0 spiro atoms.